The van der Waals surface area contributed by atoms with Gasteiger partial charge in [-0.05, 0) is 24.2 Å². The van der Waals surface area contributed by atoms with Crippen LogP contribution in [0.3, 0.4) is 0 Å². The van der Waals surface area contributed by atoms with E-state index >= 15 is 0 Å². The Morgan fingerprint density at radius 3 is 2.44 bits per heavy atom. The van der Waals surface area contributed by atoms with E-state index in [1.807, 2.05) is 0 Å². The highest BCUT2D eigenvalue weighted by atomic mass is 16.5. The van der Waals surface area contributed by atoms with Gasteiger partial charge in [-0.15, -0.1) is 0 Å². The van der Waals surface area contributed by atoms with Gasteiger partial charge in [-0.1, -0.05) is 13.8 Å². The Morgan fingerprint density at radius 1 is 1.44 bits per heavy atom. The van der Waals surface area contributed by atoms with Crippen LogP contribution in [-0.2, 0) is 4.74 Å². The zero-order valence-corrected chi connectivity index (χ0v) is 6.18. The van der Waals surface area contributed by atoms with Crippen LogP contribution in [-0.4, -0.2) is 12.7 Å². The van der Waals surface area contributed by atoms with E-state index in [1.54, 1.807) is 0 Å². The summed E-state index contributed by atoms with van der Waals surface area (Å²) in [4.78, 5) is 0. The number of hydrogen-bond donors (Lipinski definition) is 0. The summed E-state index contributed by atoms with van der Waals surface area (Å²) in [5.74, 6) is 0.823. The molecule has 2 bridgehead atoms. The van der Waals surface area contributed by atoms with E-state index in [9.17, 15) is 0 Å². The predicted octanol–water partition coefficient (Wildman–Crippen LogP) is 1.82. The molecule has 1 saturated heterocycles. The van der Waals surface area contributed by atoms with Gasteiger partial charge in [0.15, 0.2) is 0 Å². The van der Waals surface area contributed by atoms with Gasteiger partial charge in [0.2, 0.25) is 0 Å². The van der Waals surface area contributed by atoms with Gasteiger partial charge in [0.05, 0.1) is 12.7 Å². The van der Waals surface area contributed by atoms with Crippen molar-refractivity contribution >= 4 is 0 Å². The van der Waals surface area contributed by atoms with E-state index in [-0.39, 0.29) is 0 Å². The lowest BCUT2D eigenvalue weighted by atomic mass is 9.89. The van der Waals surface area contributed by atoms with Gasteiger partial charge < -0.3 is 4.74 Å². The minimum atomic E-state index is 0.560. The summed E-state index contributed by atoms with van der Waals surface area (Å²) in [6.07, 6.45) is 3.31. The Bertz CT molecular complexity index is 129. The van der Waals surface area contributed by atoms with Crippen molar-refractivity contribution in [2.75, 3.05) is 6.61 Å². The van der Waals surface area contributed by atoms with E-state index in [2.05, 4.69) is 13.8 Å². The van der Waals surface area contributed by atoms with Gasteiger partial charge in [0.25, 0.3) is 0 Å². The molecule has 1 heteroatoms. The molecule has 9 heavy (non-hydrogen) atoms. The molecule has 0 aromatic carbocycles. The molecule has 0 radical (unpaired) electrons. The number of ether oxygens (including phenoxy) is 1. The van der Waals surface area contributed by atoms with E-state index in [4.69, 9.17) is 4.74 Å². The van der Waals surface area contributed by atoms with E-state index in [1.165, 1.54) is 12.8 Å². The van der Waals surface area contributed by atoms with E-state index in [0.29, 0.717) is 11.5 Å². The van der Waals surface area contributed by atoms with Crippen LogP contribution >= 0.6 is 0 Å². The summed E-state index contributed by atoms with van der Waals surface area (Å²) in [6.45, 7) is 5.66. The summed E-state index contributed by atoms with van der Waals surface area (Å²) in [5.41, 5.74) is 0.560. The minimum absolute atomic E-state index is 0.560. The van der Waals surface area contributed by atoms with Crippen molar-refractivity contribution in [1.29, 1.82) is 0 Å². The lowest BCUT2D eigenvalue weighted by Gasteiger charge is -2.23. The molecule has 1 nitrogen and oxygen atoms in total. The lowest BCUT2D eigenvalue weighted by molar-refractivity contribution is 0.0214. The second-order valence-electron chi connectivity index (χ2n) is 4.05. The zero-order chi connectivity index (χ0) is 6.48. The molecule has 3 atom stereocenters. The van der Waals surface area contributed by atoms with Crippen LogP contribution in [0.5, 0.6) is 0 Å². The molecule has 2 rings (SSSR count). The number of rotatable bonds is 0. The Morgan fingerprint density at radius 2 is 2.22 bits per heavy atom. The van der Waals surface area contributed by atoms with Crippen LogP contribution in [0.4, 0.5) is 0 Å². The van der Waals surface area contributed by atoms with Crippen molar-refractivity contribution in [3.8, 4) is 0 Å². The monoisotopic (exact) mass is 126 g/mol. The molecule has 2 fully saturated rings. The SMILES string of the molecule is CC1CC2(C)COC1C2. The summed E-state index contributed by atoms with van der Waals surface area (Å²) in [5, 5.41) is 0. The van der Waals surface area contributed by atoms with Crippen LogP contribution in [0.1, 0.15) is 26.7 Å². The lowest BCUT2D eigenvalue weighted by Crippen LogP contribution is -2.21. The third-order valence-corrected chi connectivity index (χ3v) is 2.79. The van der Waals surface area contributed by atoms with Crippen molar-refractivity contribution in [3.05, 3.63) is 0 Å². The fraction of sp³-hybridized carbons (Fsp3) is 1.00. The molecule has 52 valence electrons. The van der Waals surface area contributed by atoms with Crippen molar-refractivity contribution < 1.29 is 4.74 Å². The standard InChI is InChI=1S/C8H14O/c1-6-3-8(2)4-7(6)9-5-8/h6-7H,3-5H2,1-2H3. The van der Waals surface area contributed by atoms with Gasteiger partial charge in [0.1, 0.15) is 0 Å². The molecule has 0 N–H and O–H groups in total. The molecule has 0 aromatic heterocycles. The summed E-state index contributed by atoms with van der Waals surface area (Å²) >= 11 is 0. The third-order valence-electron chi connectivity index (χ3n) is 2.79. The molecule has 1 aliphatic carbocycles. The van der Waals surface area contributed by atoms with Gasteiger partial charge in [-0.25, -0.2) is 0 Å². The summed E-state index contributed by atoms with van der Waals surface area (Å²) in [7, 11) is 0. The predicted molar refractivity (Wildman–Crippen MR) is 36.2 cm³/mol. The average molecular weight is 126 g/mol. The molecule has 3 unspecified atom stereocenters. The fourth-order valence-electron chi connectivity index (χ4n) is 2.33. The first-order chi connectivity index (χ1) is 4.20. The Kier molecular flexibility index (Phi) is 0.963. The highest BCUT2D eigenvalue weighted by molar-refractivity contribution is 4.95. The zero-order valence-electron chi connectivity index (χ0n) is 6.18. The second-order valence-corrected chi connectivity index (χ2v) is 4.05. The first-order valence-corrected chi connectivity index (χ1v) is 3.81. The number of hydrogen-bond acceptors (Lipinski definition) is 1. The molecule has 0 spiro atoms. The summed E-state index contributed by atoms with van der Waals surface area (Å²) in [6, 6.07) is 0. The maximum Gasteiger partial charge on any atom is 0.0607 e. The molecule has 0 amide bonds. The molecule has 1 saturated carbocycles. The Balaban J connectivity index is 2.19. The second kappa shape index (κ2) is 1.51. The smallest absolute Gasteiger partial charge is 0.0607 e. The fourth-order valence-corrected chi connectivity index (χ4v) is 2.33. The average Bonchev–Trinajstić information content (AvgIpc) is 2.20. The highest BCUT2D eigenvalue weighted by Gasteiger charge is 2.46. The number of fused-ring (bicyclic) bond motifs is 2. The quantitative estimate of drug-likeness (QED) is 0.481. The maximum absolute atomic E-state index is 5.57. The van der Waals surface area contributed by atoms with Crippen LogP contribution < -0.4 is 0 Å². The normalized spacial score (nSPS) is 56.7. The van der Waals surface area contributed by atoms with E-state index < -0.39 is 0 Å². The molecule has 1 aliphatic heterocycles. The maximum atomic E-state index is 5.57. The Labute approximate surface area is 56.4 Å². The van der Waals surface area contributed by atoms with E-state index in [0.717, 1.165) is 12.5 Å². The molecule has 1 heterocycles. The van der Waals surface area contributed by atoms with Gasteiger partial charge in [-0.3, -0.25) is 0 Å². The largest absolute Gasteiger partial charge is 0.377 e. The van der Waals surface area contributed by atoms with Crippen molar-refractivity contribution in [2.24, 2.45) is 11.3 Å². The van der Waals surface area contributed by atoms with Crippen molar-refractivity contribution in [2.45, 2.75) is 32.8 Å². The first kappa shape index (κ1) is 5.72. The van der Waals surface area contributed by atoms with Crippen molar-refractivity contribution in [1.82, 2.24) is 0 Å². The summed E-state index contributed by atoms with van der Waals surface area (Å²) < 4.78 is 5.57. The molecule has 2 aliphatic rings. The third kappa shape index (κ3) is 0.710. The van der Waals surface area contributed by atoms with Crippen LogP contribution in [0.15, 0.2) is 0 Å². The first-order valence-electron chi connectivity index (χ1n) is 3.81. The topological polar surface area (TPSA) is 9.23 Å². The molecular formula is C8H14O. The van der Waals surface area contributed by atoms with Crippen LogP contribution in [0, 0.1) is 11.3 Å². The van der Waals surface area contributed by atoms with Gasteiger partial charge in [-0.2, -0.15) is 0 Å². The Hall–Kier alpha value is -0.0400. The van der Waals surface area contributed by atoms with Gasteiger partial charge in [0, 0.05) is 0 Å². The molecular weight excluding hydrogens is 112 g/mol. The minimum Gasteiger partial charge on any atom is -0.377 e. The van der Waals surface area contributed by atoms with Crippen LogP contribution in [0.25, 0.3) is 0 Å². The van der Waals surface area contributed by atoms with Gasteiger partial charge >= 0.3 is 0 Å². The highest BCUT2D eigenvalue weighted by Crippen LogP contribution is 2.48. The van der Waals surface area contributed by atoms with Crippen molar-refractivity contribution in [3.63, 3.8) is 0 Å². The van der Waals surface area contributed by atoms with Crippen LogP contribution in [0.2, 0.25) is 0 Å². The molecule has 0 aromatic rings.